The van der Waals surface area contributed by atoms with E-state index in [1.54, 1.807) is 0 Å². The van der Waals surface area contributed by atoms with Crippen LogP contribution in [0.4, 0.5) is 5.95 Å². The van der Waals surface area contributed by atoms with Gasteiger partial charge in [0, 0.05) is 32.1 Å². The summed E-state index contributed by atoms with van der Waals surface area (Å²) in [4.78, 5) is 17.2. The van der Waals surface area contributed by atoms with Crippen molar-refractivity contribution in [2.75, 3.05) is 57.6 Å². The summed E-state index contributed by atoms with van der Waals surface area (Å²) in [5.41, 5.74) is 2.26. The molecule has 4 heterocycles. The number of morpholine rings is 1. The van der Waals surface area contributed by atoms with Crippen LogP contribution in [0.3, 0.4) is 0 Å². The van der Waals surface area contributed by atoms with Gasteiger partial charge >= 0.3 is 0 Å². The number of hydrogen-bond acceptors (Lipinski definition) is 7. The first-order chi connectivity index (χ1) is 15.4. The molecule has 0 bridgehead atoms. The molecule has 0 radical (unpaired) electrons. The fourth-order valence-electron chi connectivity index (χ4n) is 5.22. The van der Waals surface area contributed by atoms with Gasteiger partial charge in [0.2, 0.25) is 11.9 Å². The zero-order valence-corrected chi connectivity index (χ0v) is 18.0. The zero-order chi connectivity index (χ0) is 20.6. The molecule has 8 heteroatoms. The van der Waals surface area contributed by atoms with Crippen LogP contribution in [-0.2, 0) is 4.74 Å². The van der Waals surface area contributed by atoms with Crippen molar-refractivity contribution >= 4 is 22.9 Å². The Morgan fingerprint density at radius 3 is 2.81 bits per heavy atom. The van der Waals surface area contributed by atoms with E-state index in [9.17, 15) is 0 Å². The minimum Gasteiger partial charge on any atom is -0.379 e. The van der Waals surface area contributed by atoms with Crippen molar-refractivity contribution in [3.63, 3.8) is 0 Å². The van der Waals surface area contributed by atoms with Crippen molar-refractivity contribution in [1.82, 2.24) is 24.7 Å². The average Bonchev–Trinajstić information content (AvgIpc) is 3.23. The Morgan fingerprint density at radius 1 is 1.06 bits per heavy atom. The minimum absolute atomic E-state index is 0.197. The topological polar surface area (TPSA) is 61.2 Å². The second-order valence-corrected chi connectivity index (χ2v) is 8.95. The zero-order valence-electron chi connectivity index (χ0n) is 18.0. The largest absolute Gasteiger partial charge is 0.379 e. The van der Waals surface area contributed by atoms with E-state index in [2.05, 4.69) is 61.0 Å². The Kier molecular flexibility index (Phi) is 5.13. The fourth-order valence-corrected chi connectivity index (χ4v) is 5.22. The Bertz CT molecular complexity index is 993. The van der Waals surface area contributed by atoms with Crippen LogP contribution in [0, 0.1) is 5.92 Å². The molecule has 0 unspecified atom stereocenters. The number of aliphatic imine (C=N–C) groups is 1. The summed E-state index contributed by atoms with van der Waals surface area (Å²) in [5, 5.41) is 3.80. The van der Waals surface area contributed by atoms with Crippen LogP contribution in [-0.4, -0.2) is 78.0 Å². The second kappa shape index (κ2) is 8.26. The number of ether oxygens (including phenoxy) is 1. The first-order valence-electron chi connectivity index (χ1n) is 11.6. The molecule has 1 aromatic heterocycles. The Balaban J connectivity index is 1.28. The molecular weight excluding hydrogens is 390 g/mol. The molecule has 4 aliphatic rings. The van der Waals surface area contributed by atoms with Crippen molar-refractivity contribution in [1.29, 1.82) is 0 Å². The van der Waals surface area contributed by atoms with Crippen LogP contribution in [0.1, 0.15) is 25.4 Å². The molecular formula is C23H31N7O. The van der Waals surface area contributed by atoms with Crippen molar-refractivity contribution < 1.29 is 4.74 Å². The SMILES string of the molecule is C1=CC[C@H]([C@@H]2NC3=NCN(CCN4CCOCC4)CN3c3nc4ccccc4n32)CC1. The number of para-hydroxylation sites is 2. The van der Waals surface area contributed by atoms with Gasteiger partial charge in [0.05, 0.1) is 37.6 Å². The molecule has 31 heavy (non-hydrogen) atoms. The van der Waals surface area contributed by atoms with Crippen LogP contribution >= 0.6 is 0 Å². The van der Waals surface area contributed by atoms with Gasteiger partial charge in [-0.2, -0.15) is 0 Å². The van der Waals surface area contributed by atoms with Gasteiger partial charge in [-0.25, -0.2) is 9.98 Å². The molecule has 0 amide bonds. The van der Waals surface area contributed by atoms with E-state index in [0.29, 0.717) is 5.92 Å². The van der Waals surface area contributed by atoms with E-state index in [1.165, 1.54) is 11.9 Å². The third kappa shape index (κ3) is 3.62. The van der Waals surface area contributed by atoms with Gasteiger partial charge in [-0.15, -0.1) is 0 Å². The number of imidazole rings is 1. The summed E-state index contributed by atoms with van der Waals surface area (Å²) in [7, 11) is 0. The monoisotopic (exact) mass is 421 g/mol. The van der Waals surface area contributed by atoms with Crippen molar-refractivity contribution in [2.24, 2.45) is 10.9 Å². The highest BCUT2D eigenvalue weighted by molar-refractivity contribution is 5.98. The van der Waals surface area contributed by atoms with Crippen molar-refractivity contribution in [2.45, 2.75) is 25.4 Å². The standard InChI is InChI=1S/C23H31N7O/c1-2-6-18(7-3-1)21-26-22-24-16-28(11-10-27-12-14-31-15-13-27)17-29(22)23-25-19-8-4-5-9-20(19)30(21)23/h1-2,4-5,8-9,18,21H,3,6-7,10-17H2,(H,24,26)/t18-,21+/m0/s1. The maximum absolute atomic E-state index is 5.48. The van der Waals surface area contributed by atoms with Crippen LogP contribution in [0.5, 0.6) is 0 Å². The van der Waals surface area contributed by atoms with Gasteiger partial charge in [0.25, 0.3) is 0 Å². The first-order valence-corrected chi connectivity index (χ1v) is 11.6. The molecule has 164 valence electrons. The van der Waals surface area contributed by atoms with E-state index in [-0.39, 0.29) is 6.17 Å². The van der Waals surface area contributed by atoms with Gasteiger partial charge in [-0.1, -0.05) is 24.3 Å². The summed E-state index contributed by atoms with van der Waals surface area (Å²) < 4.78 is 7.90. The molecule has 2 atom stereocenters. The lowest BCUT2D eigenvalue weighted by Crippen LogP contribution is -2.59. The highest BCUT2D eigenvalue weighted by Crippen LogP contribution is 2.37. The average molecular weight is 422 g/mol. The fraction of sp³-hybridized carbons (Fsp3) is 0.565. The highest BCUT2D eigenvalue weighted by Gasteiger charge is 2.38. The quantitative estimate of drug-likeness (QED) is 0.764. The van der Waals surface area contributed by atoms with Gasteiger partial charge in [-0.05, 0) is 31.4 Å². The maximum Gasteiger partial charge on any atom is 0.216 e. The third-order valence-corrected chi connectivity index (χ3v) is 6.98. The summed E-state index contributed by atoms with van der Waals surface area (Å²) in [5.74, 6) is 2.55. The van der Waals surface area contributed by atoms with Crippen LogP contribution in [0.15, 0.2) is 41.4 Å². The predicted molar refractivity (Wildman–Crippen MR) is 122 cm³/mol. The number of benzene rings is 1. The first kappa shape index (κ1) is 19.3. The molecule has 1 fully saturated rings. The number of anilines is 1. The smallest absolute Gasteiger partial charge is 0.216 e. The number of nitrogens with zero attached hydrogens (tertiary/aromatic N) is 6. The molecule has 2 aromatic rings. The van der Waals surface area contributed by atoms with Crippen molar-refractivity contribution in [3.05, 3.63) is 36.4 Å². The summed E-state index contributed by atoms with van der Waals surface area (Å²) in [6, 6.07) is 8.51. The van der Waals surface area contributed by atoms with Gasteiger partial charge < -0.3 is 10.1 Å². The van der Waals surface area contributed by atoms with E-state index >= 15 is 0 Å². The van der Waals surface area contributed by atoms with E-state index in [4.69, 9.17) is 14.7 Å². The van der Waals surface area contributed by atoms with Gasteiger partial charge in [0.15, 0.2) is 0 Å². The molecule has 1 aliphatic carbocycles. The molecule has 1 saturated heterocycles. The Hall–Kier alpha value is -2.42. The molecule has 8 nitrogen and oxygen atoms in total. The van der Waals surface area contributed by atoms with Crippen LogP contribution < -0.4 is 10.2 Å². The van der Waals surface area contributed by atoms with Gasteiger partial charge in [0.1, 0.15) is 6.17 Å². The lowest BCUT2D eigenvalue weighted by molar-refractivity contribution is 0.0333. The van der Waals surface area contributed by atoms with Crippen LogP contribution in [0.25, 0.3) is 11.0 Å². The molecule has 0 saturated carbocycles. The third-order valence-electron chi connectivity index (χ3n) is 6.98. The van der Waals surface area contributed by atoms with E-state index in [1.807, 2.05) is 0 Å². The molecule has 1 N–H and O–H groups in total. The predicted octanol–water partition coefficient (Wildman–Crippen LogP) is 2.22. The number of guanidine groups is 1. The highest BCUT2D eigenvalue weighted by atomic mass is 16.5. The lowest BCUT2D eigenvalue weighted by Gasteiger charge is -2.44. The summed E-state index contributed by atoms with van der Waals surface area (Å²) in [6.07, 6.45) is 8.28. The van der Waals surface area contributed by atoms with Crippen molar-refractivity contribution in [3.8, 4) is 0 Å². The Labute approximate surface area is 183 Å². The lowest BCUT2D eigenvalue weighted by atomic mass is 9.91. The minimum atomic E-state index is 0.197. The Morgan fingerprint density at radius 2 is 1.94 bits per heavy atom. The molecule has 0 spiro atoms. The second-order valence-electron chi connectivity index (χ2n) is 8.95. The van der Waals surface area contributed by atoms with E-state index < -0.39 is 0 Å². The molecule has 3 aliphatic heterocycles. The molecule has 1 aromatic carbocycles. The number of fused-ring (bicyclic) bond motifs is 5. The number of aromatic nitrogens is 2. The maximum atomic E-state index is 5.48. The van der Waals surface area contributed by atoms with Crippen LogP contribution in [0.2, 0.25) is 0 Å². The number of rotatable bonds is 4. The number of hydrogen-bond donors (Lipinski definition) is 1. The number of nitrogens with one attached hydrogen (secondary N) is 1. The summed E-state index contributed by atoms with van der Waals surface area (Å²) in [6.45, 7) is 7.37. The summed E-state index contributed by atoms with van der Waals surface area (Å²) >= 11 is 0. The van der Waals surface area contributed by atoms with E-state index in [0.717, 1.165) is 83.0 Å². The van der Waals surface area contributed by atoms with Gasteiger partial charge in [-0.3, -0.25) is 19.3 Å². The number of allylic oxidation sites excluding steroid dienone is 2. The normalized spacial score (nSPS) is 27.0. The molecule has 6 rings (SSSR count).